The lowest BCUT2D eigenvalue weighted by molar-refractivity contribution is -0.0361. The number of methoxy groups -OCH3 is 1. The number of benzene rings is 1. The molecular formula is C23H31N3O3. The van der Waals surface area contributed by atoms with Crippen LogP contribution in [-0.2, 0) is 4.74 Å². The van der Waals surface area contributed by atoms with Crippen molar-refractivity contribution < 1.29 is 14.3 Å². The van der Waals surface area contributed by atoms with Crippen LogP contribution in [0.1, 0.15) is 48.2 Å². The molecule has 1 aromatic heterocycles. The first kappa shape index (κ1) is 20.1. The summed E-state index contributed by atoms with van der Waals surface area (Å²) in [6, 6.07) is 7.68. The van der Waals surface area contributed by atoms with E-state index in [1.807, 2.05) is 31.2 Å². The van der Waals surface area contributed by atoms with E-state index in [9.17, 15) is 4.79 Å². The molecule has 0 spiro atoms. The predicted octanol–water partition coefficient (Wildman–Crippen LogP) is 3.32. The van der Waals surface area contributed by atoms with Gasteiger partial charge in [-0.1, -0.05) is 19.3 Å². The number of pyridine rings is 1. The first-order valence-corrected chi connectivity index (χ1v) is 10.7. The van der Waals surface area contributed by atoms with Gasteiger partial charge in [0, 0.05) is 30.6 Å². The van der Waals surface area contributed by atoms with Crippen molar-refractivity contribution in [2.24, 2.45) is 0 Å². The largest absolute Gasteiger partial charge is 0.497 e. The number of hydrogen-bond acceptors (Lipinski definition) is 5. The highest BCUT2D eigenvalue weighted by atomic mass is 16.5. The maximum atomic E-state index is 13.1. The number of nitrogens with zero attached hydrogens (tertiary/aromatic N) is 2. The van der Waals surface area contributed by atoms with Gasteiger partial charge in [0.1, 0.15) is 5.75 Å². The number of carbonyl (C=O) groups excluding carboxylic acids is 1. The minimum absolute atomic E-state index is 0.0436. The molecular weight excluding hydrogens is 366 g/mol. The van der Waals surface area contributed by atoms with Gasteiger partial charge < -0.3 is 14.8 Å². The van der Waals surface area contributed by atoms with E-state index in [4.69, 9.17) is 9.47 Å². The monoisotopic (exact) mass is 397 g/mol. The normalized spacial score (nSPS) is 19.8. The Labute approximate surface area is 172 Å². The second kappa shape index (κ2) is 8.67. The number of morpholine rings is 1. The van der Waals surface area contributed by atoms with Crippen LogP contribution in [0.15, 0.2) is 24.3 Å². The van der Waals surface area contributed by atoms with Crippen LogP contribution in [0.5, 0.6) is 5.75 Å². The first-order chi connectivity index (χ1) is 14.1. The van der Waals surface area contributed by atoms with Crippen molar-refractivity contribution in [2.45, 2.75) is 44.6 Å². The quantitative estimate of drug-likeness (QED) is 0.839. The van der Waals surface area contributed by atoms with Crippen molar-refractivity contribution in [1.82, 2.24) is 15.2 Å². The van der Waals surface area contributed by atoms with Gasteiger partial charge in [0.05, 0.1) is 37.1 Å². The molecule has 29 heavy (non-hydrogen) atoms. The third-order valence-electron chi connectivity index (χ3n) is 6.50. The summed E-state index contributed by atoms with van der Waals surface area (Å²) in [4.78, 5) is 20.3. The molecule has 1 aliphatic heterocycles. The summed E-state index contributed by atoms with van der Waals surface area (Å²) in [6.07, 6.45) is 6.02. The highest BCUT2D eigenvalue weighted by Crippen LogP contribution is 2.34. The molecule has 2 heterocycles. The lowest BCUT2D eigenvalue weighted by atomic mass is 9.79. The molecule has 1 saturated heterocycles. The summed E-state index contributed by atoms with van der Waals surface area (Å²) in [7, 11) is 1.64. The fourth-order valence-electron chi connectivity index (χ4n) is 4.80. The predicted molar refractivity (Wildman–Crippen MR) is 114 cm³/mol. The zero-order valence-electron chi connectivity index (χ0n) is 17.5. The van der Waals surface area contributed by atoms with E-state index >= 15 is 0 Å². The number of hydrogen-bond donors (Lipinski definition) is 1. The van der Waals surface area contributed by atoms with Crippen LogP contribution in [0.2, 0.25) is 0 Å². The number of rotatable bonds is 5. The van der Waals surface area contributed by atoms with Gasteiger partial charge in [-0.15, -0.1) is 0 Å². The molecule has 2 aliphatic rings. The molecule has 1 N–H and O–H groups in total. The molecule has 0 radical (unpaired) electrons. The van der Waals surface area contributed by atoms with E-state index in [1.165, 1.54) is 19.3 Å². The van der Waals surface area contributed by atoms with Gasteiger partial charge >= 0.3 is 0 Å². The van der Waals surface area contributed by atoms with Crippen LogP contribution in [0.3, 0.4) is 0 Å². The average Bonchev–Trinajstić information content (AvgIpc) is 2.78. The summed E-state index contributed by atoms with van der Waals surface area (Å²) >= 11 is 0. The van der Waals surface area contributed by atoms with Gasteiger partial charge in [0.25, 0.3) is 5.91 Å². The lowest BCUT2D eigenvalue weighted by Gasteiger charge is -2.48. The molecule has 156 valence electrons. The van der Waals surface area contributed by atoms with Gasteiger partial charge in [0.15, 0.2) is 0 Å². The van der Waals surface area contributed by atoms with Gasteiger partial charge in [-0.25, -0.2) is 0 Å². The highest BCUT2D eigenvalue weighted by Gasteiger charge is 2.38. The minimum atomic E-state index is -0.0436. The second-order valence-corrected chi connectivity index (χ2v) is 8.25. The summed E-state index contributed by atoms with van der Waals surface area (Å²) in [5.41, 5.74) is 2.32. The second-order valence-electron chi connectivity index (χ2n) is 8.25. The molecule has 2 aromatic rings. The molecule has 6 heteroatoms. The van der Waals surface area contributed by atoms with E-state index in [0.717, 1.165) is 61.5 Å². The molecule has 0 unspecified atom stereocenters. The van der Waals surface area contributed by atoms with Gasteiger partial charge in [-0.05, 0) is 44.0 Å². The minimum Gasteiger partial charge on any atom is -0.497 e. The van der Waals surface area contributed by atoms with E-state index in [2.05, 4.69) is 15.2 Å². The lowest BCUT2D eigenvalue weighted by Crippen LogP contribution is -2.59. The van der Waals surface area contributed by atoms with Crippen LogP contribution < -0.4 is 10.1 Å². The standard InChI is InChI=1S/C23H31N3O3/c1-17-20(15-18-14-19(28-2)6-7-21(18)25-17)22(27)24-16-23(8-4-3-5-9-23)26-10-12-29-13-11-26/h6-7,14-15H,3-5,8-13,16H2,1-2H3,(H,24,27). The first-order valence-electron chi connectivity index (χ1n) is 10.7. The third kappa shape index (κ3) is 4.23. The Morgan fingerprint density at radius 3 is 2.69 bits per heavy atom. The molecule has 1 amide bonds. The Bertz CT molecular complexity index is 871. The number of amides is 1. The fraction of sp³-hybridized carbons (Fsp3) is 0.565. The topological polar surface area (TPSA) is 63.7 Å². The van der Waals surface area contributed by atoms with Crippen molar-refractivity contribution in [3.63, 3.8) is 0 Å². The van der Waals surface area contributed by atoms with E-state index in [0.29, 0.717) is 12.1 Å². The smallest absolute Gasteiger partial charge is 0.253 e. The maximum absolute atomic E-state index is 13.1. The van der Waals surface area contributed by atoms with E-state index in [1.54, 1.807) is 7.11 Å². The van der Waals surface area contributed by atoms with Crippen LogP contribution in [0.4, 0.5) is 0 Å². The fourth-order valence-corrected chi connectivity index (χ4v) is 4.80. The number of nitrogens with one attached hydrogen (secondary N) is 1. The number of fused-ring (bicyclic) bond motifs is 1. The Morgan fingerprint density at radius 1 is 1.21 bits per heavy atom. The van der Waals surface area contributed by atoms with E-state index < -0.39 is 0 Å². The summed E-state index contributed by atoms with van der Waals surface area (Å²) in [5.74, 6) is 0.723. The van der Waals surface area contributed by atoms with Crippen LogP contribution in [0.25, 0.3) is 10.9 Å². The SMILES string of the molecule is COc1ccc2nc(C)c(C(=O)NCC3(N4CCOCC4)CCCCC3)cc2c1. The highest BCUT2D eigenvalue weighted by molar-refractivity contribution is 5.98. The van der Waals surface area contributed by atoms with Gasteiger partial charge in [0.2, 0.25) is 0 Å². The Kier molecular flexibility index (Phi) is 6.01. The van der Waals surface area contributed by atoms with Gasteiger partial charge in [-0.3, -0.25) is 14.7 Å². The van der Waals surface area contributed by atoms with Crippen LogP contribution in [0, 0.1) is 6.92 Å². The number of aromatic nitrogens is 1. The molecule has 6 nitrogen and oxygen atoms in total. The molecule has 1 aliphatic carbocycles. The van der Waals surface area contributed by atoms with Crippen LogP contribution in [-0.4, -0.2) is 61.3 Å². The number of carbonyl (C=O) groups is 1. The summed E-state index contributed by atoms with van der Waals surface area (Å²) < 4.78 is 10.9. The van der Waals surface area contributed by atoms with Crippen molar-refractivity contribution >= 4 is 16.8 Å². The average molecular weight is 398 g/mol. The van der Waals surface area contributed by atoms with Crippen molar-refractivity contribution in [1.29, 1.82) is 0 Å². The van der Waals surface area contributed by atoms with E-state index in [-0.39, 0.29) is 11.4 Å². The van der Waals surface area contributed by atoms with Crippen molar-refractivity contribution in [3.8, 4) is 5.75 Å². The number of ether oxygens (including phenoxy) is 2. The molecule has 1 aromatic carbocycles. The van der Waals surface area contributed by atoms with Crippen molar-refractivity contribution in [3.05, 3.63) is 35.5 Å². The zero-order chi connectivity index (χ0) is 20.3. The van der Waals surface area contributed by atoms with Crippen LogP contribution >= 0.6 is 0 Å². The van der Waals surface area contributed by atoms with Crippen molar-refractivity contribution in [2.75, 3.05) is 40.0 Å². The molecule has 2 fully saturated rings. The Hall–Kier alpha value is -2.18. The molecule has 1 saturated carbocycles. The molecule has 0 atom stereocenters. The summed E-state index contributed by atoms with van der Waals surface area (Å²) in [6.45, 7) is 6.05. The third-order valence-corrected chi connectivity index (χ3v) is 6.50. The summed E-state index contributed by atoms with van der Waals surface area (Å²) in [5, 5.41) is 4.17. The maximum Gasteiger partial charge on any atom is 0.253 e. The van der Waals surface area contributed by atoms with Gasteiger partial charge in [-0.2, -0.15) is 0 Å². The zero-order valence-corrected chi connectivity index (χ0v) is 17.5. The molecule has 0 bridgehead atoms. The number of aryl methyl sites for hydroxylation is 1. The Balaban J connectivity index is 1.53. The Morgan fingerprint density at radius 2 is 1.97 bits per heavy atom. The molecule has 4 rings (SSSR count).